The molecule has 0 N–H and O–H groups in total. The third-order valence-corrected chi connectivity index (χ3v) is 2.39. The van der Waals surface area contributed by atoms with Crippen molar-refractivity contribution in [3.63, 3.8) is 0 Å². The molecule has 1 aromatic carbocycles. The summed E-state index contributed by atoms with van der Waals surface area (Å²) in [5.41, 5.74) is 1.54. The van der Waals surface area contributed by atoms with E-state index in [2.05, 4.69) is 5.16 Å². The Balaban J connectivity index is 2.67. The van der Waals surface area contributed by atoms with E-state index < -0.39 is 0 Å². The minimum Gasteiger partial charge on any atom is -0.422 e. The first-order valence-electron chi connectivity index (χ1n) is 4.54. The van der Waals surface area contributed by atoms with Gasteiger partial charge in [-0.3, -0.25) is 0 Å². The summed E-state index contributed by atoms with van der Waals surface area (Å²) in [5.74, 6) is 0. The fraction of sp³-hybridized carbons (Fsp3) is 0.0909. The van der Waals surface area contributed by atoms with Crippen molar-refractivity contribution in [1.29, 1.82) is 0 Å². The molecule has 4 nitrogen and oxygen atoms in total. The lowest BCUT2D eigenvalue weighted by Crippen LogP contribution is -1.94. The maximum Gasteiger partial charge on any atom is 0.336 e. The molecule has 74 valence electrons. The maximum atomic E-state index is 11.1. The van der Waals surface area contributed by atoms with Gasteiger partial charge in [-0.05, 0) is 25.1 Å². The van der Waals surface area contributed by atoms with Crippen molar-refractivity contribution in [3.05, 3.63) is 40.4 Å². The molecule has 0 bridgehead atoms. The van der Waals surface area contributed by atoms with E-state index in [4.69, 9.17) is 8.94 Å². The van der Waals surface area contributed by atoms with E-state index >= 15 is 0 Å². The van der Waals surface area contributed by atoms with Gasteiger partial charge in [0.2, 0.25) is 0 Å². The lowest BCUT2D eigenvalue weighted by molar-refractivity contribution is 0.450. The molecule has 15 heavy (non-hydrogen) atoms. The van der Waals surface area contributed by atoms with Crippen LogP contribution in [0.15, 0.2) is 38.0 Å². The molecular formula is C11H7NO3. The van der Waals surface area contributed by atoms with E-state index in [9.17, 15) is 4.79 Å². The largest absolute Gasteiger partial charge is 0.422 e. The Labute approximate surface area is 84.1 Å². The summed E-state index contributed by atoms with van der Waals surface area (Å²) in [6.07, 6.45) is 0. The molecule has 2 heterocycles. The van der Waals surface area contributed by atoms with E-state index in [1.807, 2.05) is 19.1 Å². The molecule has 0 unspecified atom stereocenters. The molecule has 3 rings (SSSR count). The average Bonchev–Trinajstić information content (AvgIpc) is 2.60. The van der Waals surface area contributed by atoms with Crippen LogP contribution in [0.1, 0.15) is 5.69 Å². The number of hydrogen-bond donors (Lipinski definition) is 0. The van der Waals surface area contributed by atoms with Gasteiger partial charge in [-0.25, -0.2) is 4.79 Å². The van der Waals surface area contributed by atoms with Crippen LogP contribution in [0.25, 0.3) is 21.9 Å². The summed E-state index contributed by atoms with van der Waals surface area (Å²) in [6.45, 7) is 1.82. The zero-order valence-corrected chi connectivity index (χ0v) is 7.98. The Bertz CT molecular complexity index is 708. The Morgan fingerprint density at radius 1 is 1.20 bits per heavy atom. The summed E-state index contributed by atoms with van der Waals surface area (Å²) in [4.78, 5) is 11.1. The number of nitrogens with zero attached hydrogens (tertiary/aromatic N) is 1. The Morgan fingerprint density at radius 3 is 2.87 bits per heavy atom. The molecular weight excluding hydrogens is 194 g/mol. The molecule has 0 saturated carbocycles. The Hall–Kier alpha value is -2.10. The summed E-state index contributed by atoms with van der Waals surface area (Å²) in [6, 6.07) is 6.78. The predicted molar refractivity (Wildman–Crippen MR) is 54.8 cm³/mol. The van der Waals surface area contributed by atoms with Crippen molar-refractivity contribution in [2.24, 2.45) is 0 Å². The van der Waals surface area contributed by atoms with Gasteiger partial charge in [-0.15, -0.1) is 0 Å². The minimum absolute atomic E-state index is 0.365. The van der Waals surface area contributed by atoms with E-state index in [-0.39, 0.29) is 5.63 Å². The first kappa shape index (κ1) is 8.23. The second kappa shape index (κ2) is 2.70. The average molecular weight is 201 g/mol. The van der Waals surface area contributed by atoms with Gasteiger partial charge in [0, 0.05) is 11.5 Å². The number of hydrogen-bond acceptors (Lipinski definition) is 4. The molecule has 0 aliphatic rings. The Kier molecular flexibility index (Phi) is 1.48. The molecule has 0 aliphatic carbocycles. The van der Waals surface area contributed by atoms with Gasteiger partial charge in [0.15, 0.2) is 11.2 Å². The lowest BCUT2D eigenvalue weighted by atomic mass is 10.1. The molecule has 4 heteroatoms. The van der Waals surface area contributed by atoms with Crippen LogP contribution < -0.4 is 5.63 Å². The van der Waals surface area contributed by atoms with Gasteiger partial charge in [-0.2, -0.15) is 0 Å². The SMILES string of the molecule is Cc1noc2ccc3ccc(=O)oc3c12. The van der Waals surface area contributed by atoms with E-state index in [0.29, 0.717) is 11.2 Å². The number of benzene rings is 1. The highest BCUT2D eigenvalue weighted by Crippen LogP contribution is 2.26. The summed E-state index contributed by atoms with van der Waals surface area (Å²) >= 11 is 0. The second-order valence-electron chi connectivity index (χ2n) is 3.38. The first-order valence-corrected chi connectivity index (χ1v) is 4.54. The smallest absolute Gasteiger partial charge is 0.336 e. The molecule has 0 radical (unpaired) electrons. The van der Waals surface area contributed by atoms with Crippen molar-refractivity contribution in [2.75, 3.05) is 0 Å². The van der Waals surface area contributed by atoms with Crippen LogP contribution in [0.5, 0.6) is 0 Å². The van der Waals surface area contributed by atoms with Crippen LogP contribution in [-0.2, 0) is 0 Å². The Morgan fingerprint density at radius 2 is 2.00 bits per heavy atom. The van der Waals surface area contributed by atoms with Gasteiger partial charge < -0.3 is 8.94 Å². The van der Waals surface area contributed by atoms with Crippen LogP contribution in [-0.4, -0.2) is 5.16 Å². The number of rotatable bonds is 0. The molecule has 0 saturated heterocycles. The quantitative estimate of drug-likeness (QED) is 0.523. The van der Waals surface area contributed by atoms with Crippen LogP contribution in [0.4, 0.5) is 0 Å². The fourth-order valence-corrected chi connectivity index (χ4v) is 1.70. The van der Waals surface area contributed by atoms with Crippen molar-refractivity contribution in [2.45, 2.75) is 6.92 Å². The number of aryl methyl sites for hydroxylation is 1. The van der Waals surface area contributed by atoms with Gasteiger partial charge in [0.25, 0.3) is 0 Å². The van der Waals surface area contributed by atoms with Crippen LogP contribution in [0.2, 0.25) is 0 Å². The summed E-state index contributed by atoms with van der Waals surface area (Å²) in [5, 5.41) is 5.48. The van der Waals surface area contributed by atoms with Crippen LogP contribution in [0.3, 0.4) is 0 Å². The second-order valence-corrected chi connectivity index (χ2v) is 3.38. The maximum absolute atomic E-state index is 11.1. The highest BCUT2D eigenvalue weighted by atomic mass is 16.5. The van der Waals surface area contributed by atoms with Gasteiger partial charge in [-0.1, -0.05) is 5.16 Å². The third kappa shape index (κ3) is 1.08. The highest BCUT2D eigenvalue weighted by molar-refractivity contribution is 6.02. The van der Waals surface area contributed by atoms with Crippen molar-refractivity contribution in [3.8, 4) is 0 Å². The normalized spacial score (nSPS) is 11.3. The van der Waals surface area contributed by atoms with Gasteiger partial charge in [0.05, 0.1) is 11.1 Å². The zero-order valence-electron chi connectivity index (χ0n) is 7.98. The number of aromatic nitrogens is 1. The summed E-state index contributed by atoms with van der Waals surface area (Å²) < 4.78 is 10.2. The molecule has 2 aromatic heterocycles. The molecule has 0 fully saturated rings. The standard InChI is InChI=1S/C11H7NO3/c1-6-10-8(15-12-6)4-2-7-3-5-9(13)14-11(7)10/h2-5H,1H3. The van der Waals surface area contributed by atoms with Crippen molar-refractivity contribution < 1.29 is 8.94 Å². The van der Waals surface area contributed by atoms with Crippen molar-refractivity contribution in [1.82, 2.24) is 5.16 Å². The molecule has 0 amide bonds. The highest BCUT2D eigenvalue weighted by Gasteiger charge is 2.10. The molecule has 0 spiro atoms. The molecule has 0 atom stereocenters. The summed E-state index contributed by atoms with van der Waals surface area (Å²) in [7, 11) is 0. The fourth-order valence-electron chi connectivity index (χ4n) is 1.70. The zero-order chi connectivity index (χ0) is 10.4. The first-order chi connectivity index (χ1) is 7.25. The lowest BCUT2D eigenvalue weighted by Gasteiger charge is -1.95. The van der Waals surface area contributed by atoms with Gasteiger partial charge >= 0.3 is 5.63 Å². The molecule has 3 aromatic rings. The van der Waals surface area contributed by atoms with E-state index in [0.717, 1.165) is 16.5 Å². The predicted octanol–water partition coefficient (Wildman–Crippen LogP) is 2.24. The van der Waals surface area contributed by atoms with Crippen LogP contribution in [0, 0.1) is 6.92 Å². The minimum atomic E-state index is -0.365. The van der Waals surface area contributed by atoms with Crippen molar-refractivity contribution >= 4 is 21.9 Å². The third-order valence-electron chi connectivity index (χ3n) is 2.39. The van der Waals surface area contributed by atoms with Gasteiger partial charge in [0.1, 0.15) is 0 Å². The number of fused-ring (bicyclic) bond motifs is 3. The van der Waals surface area contributed by atoms with E-state index in [1.54, 1.807) is 6.07 Å². The monoisotopic (exact) mass is 201 g/mol. The topological polar surface area (TPSA) is 56.2 Å². The van der Waals surface area contributed by atoms with Crippen LogP contribution >= 0.6 is 0 Å². The molecule has 0 aliphatic heterocycles. The van der Waals surface area contributed by atoms with E-state index in [1.165, 1.54) is 6.07 Å².